The molecule has 1 nitrogen and oxygen atoms in total. The highest BCUT2D eigenvalue weighted by atomic mass is 79.9. The van der Waals surface area contributed by atoms with Crippen molar-refractivity contribution in [1.29, 1.82) is 0 Å². The van der Waals surface area contributed by atoms with Gasteiger partial charge in [0.05, 0.1) is 0 Å². The summed E-state index contributed by atoms with van der Waals surface area (Å²) in [4.78, 5) is 11.0. The van der Waals surface area contributed by atoms with Crippen LogP contribution in [0.25, 0.3) is 10.1 Å². The smallest absolute Gasteiger partial charge is 0.151 e. The van der Waals surface area contributed by atoms with E-state index in [0.717, 1.165) is 28.1 Å². The first-order chi connectivity index (χ1) is 6.77. The average Bonchev–Trinajstić information content (AvgIpc) is 2.66. The molecule has 2 rings (SSSR count). The minimum Gasteiger partial charge on any atom is -0.298 e. The number of halogens is 1. The Morgan fingerprint density at radius 2 is 2.36 bits per heavy atom. The van der Waals surface area contributed by atoms with Crippen LogP contribution in [-0.4, -0.2) is 6.29 Å². The van der Waals surface area contributed by atoms with E-state index in [0.29, 0.717) is 0 Å². The summed E-state index contributed by atoms with van der Waals surface area (Å²) >= 11 is 5.09. The molecule has 0 aliphatic rings. The predicted octanol–water partition coefficient (Wildman–Crippen LogP) is 3.92. The summed E-state index contributed by atoms with van der Waals surface area (Å²) in [5.74, 6) is 0. The van der Waals surface area contributed by atoms with E-state index in [1.165, 1.54) is 10.3 Å². The Hall–Kier alpha value is -0.670. The molecule has 1 aromatic heterocycles. The lowest BCUT2D eigenvalue weighted by Gasteiger charge is -2.05. The number of carbonyl (C=O) groups is 1. The summed E-state index contributed by atoms with van der Waals surface area (Å²) in [7, 11) is 0. The lowest BCUT2D eigenvalue weighted by molar-refractivity contribution is 0.112. The van der Waals surface area contributed by atoms with Gasteiger partial charge in [-0.15, -0.1) is 11.3 Å². The normalized spacial score (nSPS) is 10.7. The van der Waals surface area contributed by atoms with Gasteiger partial charge in [0.2, 0.25) is 0 Å². The number of fused-ring (bicyclic) bond motifs is 1. The van der Waals surface area contributed by atoms with E-state index < -0.39 is 0 Å². The van der Waals surface area contributed by atoms with Gasteiger partial charge in [0.15, 0.2) is 6.29 Å². The van der Waals surface area contributed by atoms with Crippen LogP contribution in [0.3, 0.4) is 0 Å². The van der Waals surface area contributed by atoms with Crippen molar-refractivity contribution in [3.8, 4) is 0 Å². The van der Waals surface area contributed by atoms with Gasteiger partial charge in [-0.25, -0.2) is 0 Å². The summed E-state index contributed by atoms with van der Waals surface area (Å²) in [6, 6.07) is 4.10. The zero-order chi connectivity index (χ0) is 10.1. The van der Waals surface area contributed by atoms with Crippen molar-refractivity contribution in [2.24, 2.45) is 0 Å². The molecule has 0 saturated heterocycles. The van der Waals surface area contributed by atoms with Gasteiger partial charge in [0.25, 0.3) is 0 Å². The van der Waals surface area contributed by atoms with Crippen LogP contribution in [0.1, 0.15) is 21.5 Å². The number of rotatable bonds is 2. The second-order valence-corrected chi connectivity index (χ2v) is 4.66. The van der Waals surface area contributed by atoms with Crippen LogP contribution in [0.2, 0.25) is 0 Å². The molecule has 3 heteroatoms. The molecular weight excluding hydrogens is 260 g/mol. The molecule has 0 unspecified atom stereocenters. The summed E-state index contributed by atoms with van der Waals surface area (Å²) in [5.41, 5.74) is 3.14. The van der Waals surface area contributed by atoms with Gasteiger partial charge in [0, 0.05) is 21.0 Å². The van der Waals surface area contributed by atoms with Crippen LogP contribution in [0.5, 0.6) is 0 Å². The second-order valence-electron chi connectivity index (χ2n) is 3.18. The largest absolute Gasteiger partial charge is 0.298 e. The Bertz CT molecular complexity index is 487. The van der Waals surface area contributed by atoms with Crippen LogP contribution in [0.4, 0.5) is 0 Å². The third kappa shape index (κ3) is 1.41. The number of carbonyl (C=O) groups excluding carboxylic acids is 1. The van der Waals surface area contributed by atoms with Crippen molar-refractivity contribution in [1.82, 2.24) is 0 Å². The average molecular weight is 269 g/mol. The molecule has 0 N–H and O–H groups in total. The van der Waals surface area contributed by atoms with Crippen LogP contribution < -0.4 is 0 Å². The summed E-state index contributed by atoms with van der Waals surface area (Å²) in [6.07, 6.45) is 0.949. The Kier molecular flexibility index (Phi) is 2.70. The molecule has 0 bridgehead atoms. The highest BCUT2D eigenvalue weighted by Crippen LogP contribution is 2.30. The number of benzene rings is 1. The van der Waals surface area contributed by atoms with E-state index in [1.54, 1.807) is 11.3 Å². The third-order valence-corrected chi connectivity index (χ3v) is 3.97. The lowest BCUT2D eigenvalue weighted by Crippen LogP contribution is -1.91. The van der Waals surface area contributed by atoms with E-state index in [4.69, 9.17) is 0 Å². The summed E-state index contributed by atoms with van der Waals surface area (Å²) < 4.78 is 1.22. The van der Waals surface area contributed by atoms with Crippen molar-refractivity contribution < 1.29 is 4.79 Å². The van der Waals surface area contributed by atoms with Crippen LogP contribution in [0, 0.1) is 6.92 Å². The van der Waals surface area contributed by atoms with E-state index >= 15 is 0 Å². The van der Waals surface area contributed by atoms with Crippen LogP contribution in [0.15, 0.2) is 17.5 Å². The topological polar surface area (TPSA) is 17.1 Å². The van der Waals surface area contributed by atoms with Crippen LogP contribution in [-0.2, 0) is 5.33 Å². The van der Waals surface area contributed by atoms with Gasteiger partial charge in [0.1, 0.15) is 0 Å². The molecule has 0 fully saturated rings. The fourth-order valence-electron chi connectivity index (χ4n) is 1.65. The van der Waals surface area contributed by atoms with E-state index in [2.05, 4.69) is 28.9 Å². The third-order valence-electron chi connectivity index (χ3n) is 2.31. The Balaban J connectivity index is 2.88. The SMILES string of the molecule is Cc1cc(CBr)c(C=O)c2ccsc12. The van der Waals surface area contributed by atoms with Gasteiger partial charge >= 0.3 is 0 Å². The summed E-state index contributed by atoms with van der Waals surface area (Å²) in [6.45, 7) is 2.08. The van der Waals surface area contributed by atoms with Gasteiger partial charge in [-0.2, -0.15) is 0 Å². The molecule has 1 aromatic carbocycles. The Morgan fingerprint density at radius 3 is 3.00 bits per heavy atom. The number of thiophene rings is 1. The first-order valence-electron chi connectivity index (χ1n) is 4.28. The monoisotopic (exact) mass is 268 g/mol. The van der Waals surface area contributed by atoms with Gasteiger partial charge in [-0.3, -0.25) is 4.79 Å². The Morgan fingerprint density at radius 1 is 1.57 bits per heavy atom. The van der Waals surface area contributed by atoms with Crippen LogP contribution >= 0.6 is 27.3 Å². The second kappa shape index (κ2) is 3.83. The lowest BCUT2D eigenvalue weighted by atomic mass is 10.0. The number of hydrogen-bond donors (Lipinski definition) is 0. The number of aldehydes is 1. The molecule has 1 heterocycles. The van der Waals surface area contributed by atoms with E-state index in [1.807, 2.05) is 11.4 Å². The number of aryl methyl sites for hydroxylation is 1. The van der Waals surface area contributed by atoms with E-state index in [-0.39, 0.29) is 0 Å². The minimum atomic E-state index is 0.730. The van der Waals surface area contributed by atoms with Crippen molar-refractivity contribution in [2.75, 3.05) is 0 Å². The van der Waals surface area contributed by atoms with Crippen molar-refractivity contribution >= 4 is 43.6 Å². The van der Waals surface area contributed by atoms with E-state index in [9.17, 15) is 4.79 Å². The van der Waals surface area contributed by atoms with Crippen molar-refractivity contribution in [3.05, 3.63) is 34.2 Å². The molecule has 72 valence electrons. The van der Waals surface area contributed by atoms with Gasteiger partial charge in [-0.05, 0) is 29.5 Å². The number of alkyl halides is 1. The zero-order valence-electron chi connectivity index (χ0n) is 7.71. The first-order valence-corrected chi connectivity index (χ1v) is 6.29. The predicted molar refractivity (Wildman–Crippen MR) is 64.6 cm³/mol. The standard InChI is InChI=1S/C11H9BrOS/c1-7-4-8(5-12)10(6-13)9-2-3-14-11(7)9/h2-4,6H,5H2,1H3. The minimum absolute atomic E-state index is 0.730. The highest BCUT2D eigenvalue weighted by Gasteiger charge is 2.09. The fourth-order valence-corrected chi connectivity index (χ4v) is 3.01. The molecule has 0 amide bonds. The maximum Gasteiger partial charge on any atom is 0.151 e. The number of hydrogen-bond acceptors (Lipinski definition) is 2. The molecule has 0 radical (unpaired) electrons. The van der Waals surface area contributed by atoms with Crippen molar-refractivity contribution in [2.45, 2.75) is 12.3 Å². The van der Waals surface area contributed by atoms with Crippen molar-refractivity contribution in [3.63, 3.8) is 0 Å². The molecule has 0 saturated carbocycles. The van der Waals surface area contributed by atoms with Gasteiger partial charge in [-0.1, -0.05) is 22.0 Å². The maximum atomic E-state index is 11.0. The summed E-state index contributed by atoms with van der Waals surface area (Å²) in [5, 5.41) is 3.84. The molecule has 0 atom stereocenters. The molecule has 0 aliphatic carbocycles. The molecular formula is C11H9BrOS. The maximum absolute atomic E-state index is 11.0. The highest BCUT2D eigenvalue weighted by molar-refractivity contribution is 9.08. The quantitative estimate of drug-likeness (QED) is 0.596. The fraction of sp³-hybridized carbons (Fsp3) is 0.182. The first kappa shape index (κ1) is 9.87. The Labute approximate surface area is 94.9 Å². The van der Waals surface area contributed by atoms with Gasteiger partial charge < -0.3 is 0 Å². The molecule has 14 heavy (non-hydrogen) atoms. The zero-order valence-corrected chi connectivity index (χ0v) is 10.1. The molecule has 2 aromatic rings. The molecule has 0 spiro atoms. The molecule has 0 aliphatic heterocycles.